The summed E-state index contributed by atoms with van der Waals surface area (Å²) in [5, 5.41) is 2.95. The van der Waals surface area contributed by atoms with Crippen LogP contribution in [0.4, 0.5) is 5.82 Å². The Morgan fingerprint density at radius 1 is 1.19 bits per heavy atom. The fourth-order valence-electron chi connectivity index (χ4n) is 2.85. The molecule has 2 heterocycles. The maximum Gasteiger partial charge on any atom is 0.230 e. The van der Waals surface area contributed by atoms with Crippen molar-refractivity contribution in [1.29, 1.82) is 0 Å². The Morgan fingerprint density at radius 2 is 1.96 bits per heavy atom. The van der Waals surface area contributed by atoms with Crippen molar-refractivity contribution in [3.8, 4) is 5.75 Å². The van der Waals surface area contributed by atoms with Crippen molar-refractivity contribution in [2.24, 2.45) is 0 Å². The van der Waals surface area contributed by atoms with Gasteiger partial charge in [-0.05, 0) is 55.7 Å². The Kier molecular flexibility index (Phi) is 6.77. The van der Waals surface area contributed by atoms with Crippen molar-refractivity contribution >= 4 is 23.5 Å². The first-order valence-corrected chi connectivity index (χ1v) is 10.1. The number of carbonyl (C=O) groups is 1. The van der Waals surface area contributed by atoms with Gasteiger partial charge in [0, 0.05) is 30.7 Å². The fraction of sp³-hybridized carbons (Fsp3) is 0.400. The molecule has 1 fully saturated rings. The van der Waals surface area contributed by atoms with Gasteiger partial charge in [-0.3, -0.25) is 4.79 Å². The number of benzene rings is 1. The molecule has 6 heteroatoms. The summed E-state index contributed by atoms with van der Waals surface area (Å²) in [7, 11) is 0. The second-order valence-corrected chi connectivity index (χ2v) is 7.24. The van der Waals surface area contributed by atoms with E-state index in [0.29, 0.717) is 18.9 Å². The molecule has 0 unspecified atom stereocenters. The molecule has 0 bridgehead atoms. The first-order chi connectivity index (χ1) is 12.7. The van der Waals surface area contributed by atoms with Crippen LogP contribution >= 0.6 is 11.8 Å². The Hall–Kier alpha value is -2.21. The topological polar surface area (TPSA) is 54.5 Å². The standard InChI is InChI=1S/C20H25N3O2S/c1-2-25-17-6-8-18(9-7-17)26-15-20(24)22-14-16-5-10-19(21-13-16)23-11-3-4-12-23/h5-10,13H,2-4,11-12,14-15H2,1H3,(H,22,24). The maximum atomic E-state index is 12.0. The van der Waals surface area contributed by atoms with Gasteiger partial charge >= 0.3 is 0 Å². The number of pyridine rings is 1. The molecule has 26 heavy (non-hydrogen) atoms. The van der Waals surface area contributed by atoms with Crippen LogP contribution in [-0.2, 0) is 11.3 Å². The van der Waals surface area contributed by atoms with E-state index in [1.54, 1.807) is 0 Å². The lowest BCUT2D eigenvalue weighted by Gasteiger charge is -2.16. The van der Waals surface area contributed by atoms with Crippen LogP contribution in [0.5, 0.6) is 5.75 Å². The third-order valence-electron chi connectivity index (χ3n) is 4.23. The number of hydrogen-bond donors (Lipinski definition) is 1. The van der Waals surface area contributed by atoms with Gasteiger partial charge in [-0.15, -0.1) is 11.8 Å². The van der Waals surface area contributed by atoms with Crippen molar-refractivity contribution in [1.82, 2.24) is 10.3 Å². The van der Waals surface area contributed by atoms with Crippen molar-refractivity contribution in [2.75, 3.05) is 30.3 Å². The highest BCUT2D eigenvalue weighted by atomic mass is 32.2. The molecule has 1 aliphatic rings. The highest BCUT2D eigenvalue weighted by Gasteiger charge is 2.13. The molecule has 5 nitrogen and oxygen atoms in total. The molecule has 1 saturated heterocycles. The van der Waals surface area contributed by atoms with Gasteiger partial charge < -0.3 is 15.0 Å². The quantitative estimate of drug-likeness (QED) is 0.720. The molecule has 1 aliphatic heterocycles. The van der Waals surface area contributed by atoms with Crippen LogP contribution in [0, 0.1) is 0 Å². The molecule has 1 amide bonds. The molecule has 3 rings (SSSR count). The van der Waals surface area contributed by atoms with Crippen LogP contribution < -0.4 is 15.0 Å². The van der Waals surface area contributed by atoms with E-state index in [-0.39, 0.29) is 5.91 Å². The van der Waals surface area contributed by atoms with Gasteiger partial charge in [0.1, 0.15) is 11.6 Å². The zero-order valence-electron chi connectivity index (χ0n) is 15.1. The van der Waals surface area contributed by atoms with E-state index < -0.39 is 0 Å². The zero-order valence-corrected chi connectivity index (χ0v) is 15.9. The van der Waals surface area contributed by atoms with E-state index in [4.69, 9.17) is 4.74 Å². The number of nitrogens with zero attached hydrogens (tertiary/aromatic N) is 2. The maximum absolute atomic E-state index is 12.0. The summed E-state index contributed by atoms with van der Waals surface area (Å²) in [5.74, 6) is 2.30. The number of hydrogen-bond acceptors (Lipinski definition) is 5. The molecule has 2 aromatic rings. The average molecular weight is 372 g/mol. The van der Waals surface area contributed by atoms with Gasteiger partial charge in [0.2, 0.25) is 5.91 Å². The molecule has 0 atom stereocenters. The Balaban J connectivity index is 1.40. The van der Waals surface area contributed by atoms with Gasteiger partial charge in [0.15, 0.2) is 0 Å². The van der Waals surface area contributed by atoms with Crippen LogP contribution in [0.15, 0.2) is 47.5 Å². The van der Waals surface area contributed by atoms with Crippen LogP contribution in [0.3, 0.4) is 0 Å². The van der Waals surface area contributed by atoms with E-state index in [9.17, 15) is 4.79 Å². The molecule has 1 N–H and O–H groups in total. The minimum absolute atomic E-state index is 0.0208. The van der Waals surface area contributed by atoms with E-state index >= 15 is 0 Å². The highest BCUT2D eigenvalue weighted by molar-refractivity contribution is 8.00. The molecule has 0 aliphatic carbocycles. The number of nitrogens with one attached hydrogen (secondary N) is 1. The predicted octanol–water partition coefficient (Wildman–Crippen LogP) is 3.49. The van der Waals surface area contributed by atoms with Gasteiger partial charge in [-0.2, -0.15) is 0 Å². The summed E-state index contributed by atoms with van der Waals surface area (Å²) in [6.07, 6.45) is 4.34. The third-order valence-corrected chi connectivity index (χ3v) is 5.25. The van der Waals surface area contributed by atoms with Crippen LogP contribution in [0.2, 0.25) is 0 Å². The number of amides is 1. The van der Waals surface area contributed by atoms with Crippen LogP contribution in [0.1, 0.15) is 25.3 Å². The summed E-state index contributed by atoms with van der Waals surface area (Å²) in [4.78, 5) is 19.9. The first-order valence-electron chi connectivity index (χ1n) is 9.07. The monoisotopic (exact) mass is 371 g/mol. The van der Waals surface area contributed by atoms with Crippen molar-refractivity contribution in [2.45, 2.75) is 31.2 Å². The van der Waals surface area contributed by atoms with Crippen molar-refractivity contribution < 1.29 is 9.53 Å². The summed E-state index contributed by atoms with van der Waals surface area (Å²) < 4.78 is 5.42. The fourth-order valence-corrected chi connectivity index (χ4v) is 3.58. The van der Waals surface area contributed by atoms with E-state index in [1.165, 1.54) is 24.6 Å². The summed E-state index contributed by atoms with van der Waals surface area (Å²) >= 11 is 1.52. The molecule has 0 saturated carbocycles. The number of thioether (sulfide) groups is 1. The minimum atomic E-state index is 0.0208. The molecule has 1 aromatic heterocycles. The summed E-state index contributed by atoms with van der Waals surface area (Å²) in [6.45, 7) is 5.30. The molecular weight excluding hydrogens is 346 g/mol. The van der Waals surface area contributed by atoms with Gasteiger partial charge in [0.05, 0.1) is 12.4 Å². The van der Waals surface area contributed by atoms with Gasteiger partial charge in [-0.1, -0.05) is 6.07 Å². The third kappa shape index (κ3) is 5.39. The smallest absolute Gasteiger partial charge is 0.230 e. The van der Waals surface area contributed by atoms with Crippen LogP contribution in [0.25, 0.3) is 0 Å². The van der Waals surface area contributed by atoms with Crippen LogP contribution in [-0.4, -0.2) is 36.3 Å². The number of aromatic nitrogens is 1. The lowest BCUT2D eigenvalue weighted by atomic mass is 10.2. The van der Waals surface area contributed by atoms with Crippen molar-refractivity contribution in [3.63, 3.8) is 0 Å². The minimum Gasteiger partial charge on any atom is -0.494 e. The number of anilines is 1. The number of rotatable bonds is 8. The first kappa shape index (κ1) is 18.6. The predicted molar refractivity (Wildman–Crippen MR) is 106 cm³/mol. The Labute approximate surface area is 159 Å². The summed E-state index contributed by atoms with van der Waals surface area (Å²) in [6, 6.07) is 11.9. The lowest BCUT2D eigenvalue weighted by molar-refractivity contribution is -0.118. The SMILES string of the molecule is CCOc1ccc(SCC(=O)NCc2ccc(N3CCCC3)nc2)cc1. The molecular formula is C20H25N3O2S. The average Bonchev–Trinajstić information content (AvgIpc) is 3.21. The van der Waals surface area contributed by atoms with Gasteiger partial charge in [-0.25, -0.2) is 4.98 Å². The second-order valence-electron chi connectivity index (χ2n) is 6.19. The van der Waals surface area contributed by atoms with E-state index in [2.05, 4.69) is 15.2 Å². The second kappa shape index (κ2) is 9.48. The largest absolute Gasteiger partial charge is 0.494 e. The van der Waals surface area contributed by atoms with E-state index in [1.807, 2.05) is 49.5 Å². The van der Waals surface area contributed by atoms with Crippen molar-refractivity contribution in [3.05, 3.63) is 48.2 Å². The lowest BCUT2D eigenvalue weighted by Crippen LogP contribution is -2.24. The van der Waals surface area contributed by atoms with E-state index in [0.717, 1.165) is 35.1 Å². The Morgan fingerprint density at radius 3 is 2.62 bits per heavy atom. The highest BCUT2D eigenvalue weighted by Crippen LogP contribution is 2.21. The normalized spacial score (nSPS) is 13.7. The molecule has 1 aromatic carbocycles. The summed E-state index contributed by atoms with van der Waals surface area (Å²) in [5.41, 5.74) is 1.02. The molecule has 138 valence electrons. The number of carbonyl (C=O) groups excluding carboxylic acids is 1. The number of ether oxygens (including phenoxy) is 1. The molecule has 0 spiro atoms. The van der Waals surface area contributed by atoms with Gasteiger partial charge in [0.25, 0.3) is 0 Å². The molecule has 0 radical (unpaired) electrons. The Bertz CT molecular complexity index is 698. The zero-order chi connectivity index (χ0) is 18.2.